The molecule has 2 saturated carbocycles. The molecule has 6 heterocycles. The van der Waals surface area contributed by atoms with Crippen molar-refractivity contribution in [2.75, 3.05) is 44.2 Å². The summed E-state index contributed by atoms with van der Waals surface area (Å²) in [7, 11) is 0. The number of aryl methyl sites for hydroxylation is 2. The van der Waals surface area contributed by atoms with Crippen LogP contribution in [0.25, 0.3) is 32.9 Å². The molecule has 246 valence electrons. The second kappa shape index (κ2) is 11.0. The Morgan fingerprint density at radius 2 is 1.85 bits per heavy atom. The van der Waals surface area contributed by atoms with E-state index in [0.717, 1.165) is 57.2 Å². The number of rotatable bonds is 7. The number of pyridine rings is 1. The molecule has 2 N–H and O–H groups in total. The van der Waals surface area contributed by atoms with Crippen molar-refractivity contribution in [3.8, 4) is 23.0 Å². The second-order valence-electron chi connectivity index (χ2n) is 15.1. The smallest absolute Gasteiger partial charge is 0.319 e. The third kappa shape index (κ3) is 5.01. The van der Waals surface area contributed by atoms with Gasteiger partial charge in [0.2, 0.25) is 0 Å². The molecule has 3 saturated heterocycles. The normalized spacial score (nSPS) is 26.2. The van der Waals surface area contributed by atoms with E-state index in [2.05, 4.69) is 22.0 Å². The molecule has 2 aromatic heterocycles. The maximum Gasteiger partial charge on any atom is 0.319 e. The maximum absolute atomic E-state index is 17.1. The van der Waals surface area contributed by atoms with Crippen molar-refractivity contribution in [2.45, 2.75) is 70.9 Å². The number of ether oxygens (including phenoxy) is 1. The topological polar surface area (TPSA) is 86.6 Å². The van der Waals surface area contributed by atoms with Crippen molar-refractivity contribution in [1.82, 2.24) is 25.2 Å². The molecule has 47 heavy (non-hydrogen) atoms. The number of anilines is 1. The van der Waals surface area contributed by atoms with Gasteiger partial charge in [0.15, 0.2) is 5.82 Å². The molecule has 6 aliphatic rings. The zero-order chi connectivity index (χ0) is 32.0. The summed E-state index contributed by atoms with van der Waals surface area (Å²) in [6.07, 6.45) is 7.41. The minimum atomic E-state index is -0.609. The van der Waals surface area contributed by atoms with Gasteiger partial charge in [-0.3, -0.25) is 0 Å². The summed E-state index contributed by atoms with van der Waals surface area (Å²) < 4.78 is 38.4. The van der Waals surface area contributed by atoms with Crippen LogP contribution in [0.15, 0.2) is 24.3 Å². The van der Waals surface area contributed by atoms with Gasteiger partial charge in [0.1, 0.15) is 28.6 Å². The van der Waals surface area contributed by atoms with E-state index in [1.807, 2.05) is 0 Å². The van der Waals surface area contributed by atoms with Gasteiger partial charge in [-0.1, -0.05) is 13.0 Å². The Kier molecular flexibility index (Phi) is 6.88. The molecular weight excluding hydrogens is 598 g/mol. The molecule has 10 heteroatoms. The Morgan fingerprint density at radius 3 is 2.62 bits per heavy atom. The van der Waals surface area contributed by atoms with Crippen LogP contribution in [0.5, 0.6) is 11.8 Å². The third-order valence-electron chi connectivity index (χ3n) is 11.7. The summed E-state index contributed by atoms with van der Waals surface area (Å²) in [6, 6.07) is 6.69. The number of nitrogens with zero attached hydrogens (tertiary/aromatic N) is 5. The van der Waals surface area contributed by atoms with Gasteiger partial charge in [0, 0.05) is 55.8 Å². The van der Waals surface area contributed by atoms with Crippen LogP contribution in [-0.2, 0) is 6.42 Å². The molecule has 4 aliphatic heterocycles. The van der Waals surface area contributed by atoms with Crippen LogP contribution < -0.4 is 15.0 Å². The van der Waals surface area contributed by atoms with E-state index >= 15 is 4.39 Å². The van der Waals surface area contributed by atoms with Crippen LogP contribution in [0.1, 0.15) is 56.7 Å². The Hall–Kier alpha value is -3.63. The van der Waals surface area contributed by atoms with Gasteiger partial charge in [0.25, 0.3) is 0 Å². The number of halogens is 2. The fraction of sp³-hybridized carbons (Fsp3) is 0.541. The van der Waals surface area contributed by atoms with E-state index in [4.69, 9.17) is 19.7 Å². The number of phenols is 1. The van der Waals surface area contributed by atoms with Crippen molar-refractivity contribution in [3.63, 3.8) is 0 Å². The first-order chi connectivity index (χ1) is 22.8. The summed E-state index contributed by atoms with van der Waals surface area (Å²) in [5, 5.41) is 16.1. The van der Waals surface area contributed by atoms with Crippen molar-refractivity contribution >= 4 is 27.5 Å². The Labute approximate surface area is 273 Å². The van der Waals surface area contributed by atoms with Crippen molar-refractivity contribution in [3.05, 3.63) is 47.2 Å². The zero-order valence-electron chi connectivity index (χ0n) is 27.2. The van der Waals surface area contributed by atoms with Gasteiger partial charge in [-0.05, 0) is 98.2 Å². The van der Waals surface area contributed by atoms with Gasteiger partial charge in [-0.25, -0.2) is 13.8 Å². The third-order valence-corrected chi connectivity index (χ3v) is 11.7. The van der Waals surface area contributed by atoms with Crippen molar-refractivity contribution in [1.29, 1.82) is 0 Å². The highest BCUT2D eigenvalue weighted by atomic mass is 19.1. The van der Waals surface area contributed by atoms with Gasteiger partial charge >= 0.3 is 6.01 Å². The van der Waals surface area contributed by atoms with E-state index in [1.54, 1.807) is 19.1 Å². The van der Waals surface area contributed by atoms with E-state index in [0.29, 0.717) is 57.9 Å². The maximum atomic E-state index is 17.1. The second-order valence-corrected chi connectivity index (χ2v) is 15.1. The fourth-order valence-corrected chi connectivity index (χ4v) is 8.91. The highest BCUT2D eigenvalue weighted by Crippen LogP contribution is 2.49. The number of phenolic OH excluding ortho intramolecular Hbond substituents is 1. The summed E-state index contributed by atoms with van der Waals surface area (Å²) in [6.45, 7) is 9.33. The molecule has 2 bridgehead atoms. The molecular formula is C37H42F2N6O2. The van der Waals surface area contributed by atoms with Gasteiger partial charge in [-0.2, -0.15) is 9.97 Å². The molecule has 0 radical (unpaired) electrons. The van der Waals surface area contributed by atoms with Gasteiger partial charge in [-0.15, -0.1) is 0 Å². The van der Waals surface area contributed by atoms with Crippen LogP contribution in [0.4, 0.5) is 14.6 Å². The minimum absolute atomic E-state index is 0.0346. The lowest BCUT2D eigenvalue weighted by Crippen LogP contribution is -2.56. The highest BCUT2D eigenvalue weighted by molar-refractivity contribution is 6.02. The Bertz CT molecular complexity index is 1900. The first-order valence-corrected chi connectivity index (χ1v) is 17.4. The Balaban J connectivity index is 1.16. The number of piperazine rings is 1. The molecule has 8 nitrogen and oxygen atoms in total. The van der Waals surface area contributed by atoms with Crippen LogP contribution >= 0.6 is 0 Å². The summed E-state index contributed by atoms with van der Waals surface area (Å²) >= 11 is 0. The first kappa shape index (κ1) is 29.5. The fourth-order valence-electron chi connectivity index (χ4n) is 8.91. The average Bonchev–Trinajstić information content (AvgIpc) is 3.85. The largest absolute Gasteiger partial charge is 0.508 e. The van der Waals surface area contributed by atoms with E-state index in [1.165, 1.54) is 38.1 Å². The molecule has 0 unspecified atom stereocenters. The predicted molar refractivity (Wildman–Crippen MR) is 178 cm³/mol. The van der Waals surface area contributed by atoms with E-state index in [9.17, 15) is 9.50 Å². The molecule has 2 atom stereocenters. The van der Waals surface area contributed by atoms with Crippen LogP contribution in [0.3, 0.4) is 0 Å². The quantitative estimate of drug-likeness (QED) is 0.249. The summed E-state index contributed by atoms with van der Waals surface area (Å²) in [5.41, 5.74) is 1.77. The minimum Gasteiger partial charge on any atom is -0.508 e. The van der Waals surface area contributed by atoms with Gasteiger partial charge in [0.05, 0.1) is 17.7 Å². The monoisotopic (exact) mass is 640 g/mol. The number of hydrogen-bond donors (Lipinski definition) is 2. The van der Waals surface area contributed by atoms with E-state index < -0.39 is 11.6 Å². The number of fused-ring (bicyclic) bond motifs is 5. The Morgan fingerprint density at radius 1 is 1.04 bits per heavy atom. The lowest BCUT2D eigenvalue weighted by molar-refractivity contribution is 0.0100. The number of hydrogen-bond acceptors (Lipinski definition) is 8. The molecule has 2 aliphatic carbocycles. The lowest BCUT2D eigenvalue weighted by Gasteiger charge is -2.48. The number of benzene rings is 2. The summed E-state index contributed by atoms with van der Waals surface area (Å²) in [4.78, 5) is 19.7. The number of aromatic hydroxyl groups is 1. The van der Waals surface area contributed by atoms with E-state index in [-0.39, 0.29) is 34.4 Å². The molecule has 4 aromatic rings. The molecule has 10 rings (SSSR count). The molecule has 0 spiro atoms. The predicted octanol–water partition coefficient (Wildman–Crippen LogP) is 6.14. The number of nitrogens with one attached hydrogen (secondary N) is 1. The van der Waals surface area contributed by atoms with Crippen LogP contribution in [-0.4, -0.2) is 76.4 Å². The average molecular weight is 641 g/mol. The molecule has 0 amide bonds. The first-order valence-electron chi connectivity index (χ1n) is 17.4. The number of aromatic nitrogens is 3. The van der Waals surface area contributed by atoms with Crippen LogP contribution in [0, 0.1) is 35.8 Å². The zero-order valence-corrected chi connectivity index (χ0v) is 27.2. The number of piperidine rings is 2. The molecule has 5 fully saturated rings. The van der Waals surface area contributed by atoms with Gasteiger partial charge < -0.3 is 25.0 Å². The van der Waals surface area contributed by atoms with Crippen molar-refractivity contribution < 1.29 is 18.6 Å². The lowest BCUT2D eigenvalue weighted by atomic mass is 9.71. The van der Waals surface area contributed by atoms with Crippen molar-refractivity contribution in [2.24, 2.45) is 17.3 Å². The summed E-state index contributed by atoms with van der Waals surface area (Å²) in [5.74, 6) is 1.36. The highest BCUT2D eigenvalue weighted by Gasteiger charge is 2.48. The SMILES string of the molecule is CC[C@@H]1CN2c3nc(OCC4(CN5CC6CC(C6)C5)CC4)nc4c(F)c(-c5cc(O)cc6ccc(F)c(C)c56)nc(c34)CC[C@@H]2CN1. The standard InChI is InChI=1S/C37H42F2N6O2/c1-3-24-17-45-25(14-40-24)5-7-29-31-34(32(39)33(41-29)27-13-26(46)12-23-4-6-28(38)20(2)30(23)27)42-36(43-35(31)45)47-19-37(8-9-37)18-44-15-21-10-22(11-21)16-44/h4,6,12-13,21-22,24-25,40,46H,3,5,7-11,14-19H2,1-2H3/t21?,22?,24-,25-/m1/s1. The van der Waals surface area contributed by atoms with Crippen LogP contribution in [0.2, 0.25) is 0 Å². The molecule has 2 aromatic carbocycles.